The third kappa shape index (κ3) is 3.77. The van der Waals surface area contributed by atoms with E-state index in [-0.39, 0.29) is 11.9 Å². The van der Waals surface area contributed by atoms with Crippen LogP contribution in [-0.4, -0.2) is 75.7 Å². The highest BCUT2D eigenvalue weighted by atomic mass is 16.5. The van der Waals surface area contributed by atoms with Crippen molar-refractivity contribution in [2.45, 2.75) is 6.04 Å². The van der Waals surface area contributed by atoms with Gasteiger partial charge in [0.25, 0.3) is 0 Å². The van der Waals surface area contributed by atoms with E-state index >= 15 is 0 Å². The molecule has 0 aromatic heterocycles. The van der Waals surface area contributed by atoms with Gasteiger partial charge in [-0.25, -0.2) is 0 Å². The molecular formula is C10H21N3O2. The van der Waals surface area contributed by atoms with Gasteiger partial charge in [0.2, 0.25) is 5.91 Å². The van der Waals surface area contributed by atoms with Crippen LogP contribution in [0.5, 0.6) is 0 Å². The van der Waals surface area contributed by atoms with Gasteiger partial charge in [0.15, 0.2) is 0 Å². The fourth-order valence-electron chi connectivity index (χ4n) is 1.79. The maximum absolute atomic E-state index is 11.9. The zero-order valence-electron chi connectivity index (χ0n) is 9.82. The van der Waals surface area contributed by atoms with E-state index < -0.39 is 0 Å². The van der Waals surface area contributed by atoms with Crippen molar-refractivity contribution in [3.8, 4) is 0 Å². The number of rotatable bonds is 4. The molecule has 1 rings (SSSR count). The molecule has 0 saturated carbocycles. The number of carbonyl (C=O) groups is 1. The van der Waals surface area contributed by atoms with Crippen LogP contribution in [0.1, 0.15) is 0 Å². The third-order valence-electron chi connectivity index (χ3n) is 2.48. The van der Waals surface area contributed by atoms with Gasteiger partial charge < -0.3 is 19.9 Å². The lowest BCUT2D eigenvalue weighted by molar-refractivity contribution is -0.136. The lowest BCUT2D eigenvalue weighted by atomic mass is 10.2. The summed E-state index contributed by atoms with van der Waals surface area (Å²) in [6, 6.07) is 0.177. The lowest BCUT2D eigenvalue weighted by Crippen LogP contribution is -2.56. The Morgan fingerprint density at radius 3 is 2.93 bits per heavy atom. The molecule has 1 aliphatic rings. The Balaban J connectivity index is 2.51. The molecule has 0 bridgehead atoms. The summed E-state index contributed by atoms with van der Waals surface area (Å²) in [6.45, 7) is 3.56. The Kier molecular flexibility index (Phi) is 5.01. The van der Waals surface area contributed by atoms with E-state index in [0.29, 0.717) is 13.2 Å². The van der Waals surface area contributed by atoms with E-state index in [1.807, 2.05) is 23.9 Å². The number of methoxy groups -OCH3 is 1. The first-order chi connectivity index (χ1) is 7.15. The van der Waals surface area contributed by atoms with E-state index in [1.165, 1.54) is 0 Å². The monoisotopic (exact) mass is 215 g/mol. The van der Waals surface area contributed by atoms with Crippen molar-refractivity contribution in [1.29, 1.82) is 0 Å². The topological polar surface area (TPSA) is 44.8 Å². The summed E-state index contributed by atoms with van der Waals surface area (Å²) >= 11 is 0. The fraction of sp³-hybridized carbons (Fsp3) is 0.900. The number of nitrogens with zero attached hydrogens (tertiary/aromatic N) is 2. The minimum absolute atomic E-state index is 0.177. The number of piperazine rings is 1. The van der Waals surface area contributed by atoms with Gasteiger partial charge in [-0.15, -0.1) is 0 Å². The van der Waals surface area contributed by atoms with Gasteiger partial charge in [-0.3, -0.25) is 4.79 Å². The molecule has 0 aromatic rings. The predicted octanol–water partition coefficient (Wildman–Crippen LogP) is -1.01. The summed E-state index contributed by atoms with van der Waals surface area (Å²) in [6.07, 6.45) is 0. The summed E-state index contributed by atoms with van der Waals surface area (Å²) in [7, 11) is 5.49. The quantitative estimate of drug-likeness (QED) is 0.653. The number of nitrogens with one attached hydrogen (secondary N) is 1. The summed E-state index contributed by atoms with van der Waals surface area (Å²) in [5, 5.41) is 3.27. The molecule has 1 atom stereocenters. The molecule has 88 valence electrons. The molecule has 1 fully saturated rings. The van der Waals surface area contributed by atoms with Gasteiger partial charge in [-0.1, -0.05) is 0 Å². The first kappa shape index (κ1) is 12.4. The summed E-state index contributed by atoms with van der Waals surface area (Å²) < 4.78 is 5.12. The van der Waals surface area contributed by atoms with Gasteiger partial charge in [-0.2, -0.15) is 0 Å². The minimum atomic E-state index is 0.177. The largest absolute Gasteiger partial charge is 0.382 e. The molecule has 1 amide bonds. The second kappa shape index (κ2) is 6.05. The second-order valence-electron chi connectivity index (χ2n) is 4.14. The summed E-state index contributed by atoms with van der Waals surface area (Å²) in [5.74, 6) is 0.184. The molecule has 0 radical (unpaired) electrons. The zero-order chi connectivity index (χ0) is 11.3. The lowest BCUT2D eigenvalue weighted by Gasteiger charge is -2.36. The van der Waals surface area contributed by atoms with E-state index in [4.69, 9.17) is 4.74 Å². The predicted molar refractivity (Wildman–Crippen MR) is 58.8 cm³/mol. The van der Waals surface area contributed by atoms with E-state index in [2.05, 4.69) is 5.32 Å². The molecule has 1 N–H and O–H groups in total. The molecule has 1 saturated heterocycles. The molecule has 5 nitrogen and oxygen atoms in total. The van der Waals surface area contributed by atoms with Crippen LogP contribution >= 0.6 is 0 Å². The van der Waals surface area contributed by atoms with Gasteiger partial charge in [0.05, 0.1) is 19.2 Å². The first-order valence-electron chi connectivity index (χ1n) is 5.29. The van der Waals surface area contributed by atoms with E-state index in [0.717, 1.165) is 19.6 Å². The van der Waals surface area contributed by atoms with Crippen LogP contribution in [0.15, 0.2) is 0 Å². The zero-order valence-corrected chi connectivity index (χ0v) is 9.82. The molecule has 0 spiro atoms. The highest BCUT2D eigenvalue weighted by molar-refractivity contribution is 5.78. The van der Waals surface area contributed by atoms with Gasteiger partial charge in [-0.05, 0) is 14.1 Å². The second-order valence-corrected chi connectivity index (χ2v) is 4.14. The Labute approximate surface area is 91.4 Å². The number of ether oxygens (including phenoxy) is 1. The van der Waals surface area contributed by atoms with Crippen LogP contribution in [0.2, 0.25) is 0 Å². The van der Waals surface area contributed by atoms with E-state index in [1.54, 1.807) is 7.11 Å². The number of carbonyl (C=O) groups excluding carboxylic acids is 1. The average molecular weight is 215 g/mol. The minimum Gasteiger partial charge on any atom is -0.382 e. The van der Waals surface area contributed by atoms with Crippen molar-refractivity contribution in [2.75, 3.05) is 54.0 Å². The van der Waals surface area contributed by atoms with Crippen molar-refractivity contribution < 1.29 is 9.53 Å². The Bertz CT molecular complexity index is 207. The van der Waals surface area contributed by atoms with Crippen molar-refractivity contribution in [3.05, 3.63) is 0 Å². The standard InChI is InChI=1S/C10H21N3O2/c1-12(2)7-10(14)13-5-4-11-6-9(13)8-15-3/h9,11H,4-8H2,1-3H3. The van der Waals surface area contributed by atoms with Crippen LogP contribution in [0, 0.1) is 0 Å². The third-order valence-corrected chi connectivity index (χ3v) is 2.48. The van der Waals surface area contributed by atoms with Gasteiger partial charge in [0, 0.05) is 26.7 Å². The maximum Gasteiger partial charge on any atom is 0.237 e. The Morgan fingerprint density at radius 2 is 2.33 bits per heavy atom. The van der Waals surface area contributed by atoms with Crippen molar-refractivity contribution in [1.82, 2.24) is 15.1 Å². The molecule has 5 heteroatoms. The van der Waals surface area contributed by atoms with Crippen LogP contribution in [0.4, 0.5) is 0 Å². The highest BCUT2D eigenvalue weighted by Crippen LogP contribution is 2.04. The SMILES string of the molecule is COCC1CNCCN1C(=O)CN(C)C. The summed E-state index contributed by atoms with van der Waals surface area (Å²) in [4.78, 5) is 15.7. The molecule has 0 aliphatic carbocycles. The maximum atomic E-state index is 11.9. The fourth-order valence-corrected chi connectivity index (χ4v) is 1.79. The molecule has 1 unspecified atom stereocenters. The number of hydrogen-bond donors (Lipinski definition) is 1. The molecule has 0 aromatic carbocycles. The first-order valence-corrected chi connectivity index (χ1v) is 5.29. The van der Waals surface area contributed by atoms with Crippen molar-refractivity contribution in [2.24, 2.45) is 0 Å². The smallest absolute Gasteiger partial charge is 0.237 e. The van der Waals surface area contributed by atoms with Crippen LogP contribution in [0.25, 0.3) is 0 Å². The van der Waals surface area contributed by atoms with Gasteiger partial charge in [0.1, 0.15) is 0 Å². The molecule has 1 heterocycles. The highest BCUT2D eigenvalue weighted by Gasteiger charge is 2.26. The number of likely N-dealkylation sites (N-methyl/N-ethyl adjacent to an activating group) is 1. The number of amides is 1. The molecular weight excluding hydrogens is 194 g/mol. The van der Waals surface area contributed by atoms with Crippen LogP contribution < -0.4 is 5.32 Å². The van der Waals surface area contributed by atoms with Gasteiger partial charge >= 0.3 is 0 Å². The van der Waals surface area contributed by atoms with Crippen LogP contribution in [0.3, 0.4) is 0 Å². The summed E-state index contributed by atoms with van der Waals surface area (Å²) in [5.41, 5.74) is 0. The van der Waals surface area contributed by atoms with E-state index in [9.17, 15) is 4.79 Å². The average Bonchev–Trinajstić information content (AvgIpc) is 2.18. The Hall–Kier alpha value is -0.650. The number of hydrogen-bond acceptors (Lipinski definition) is 4. The Morgan fingerprint density at radius 1 is 1.60 bits per heavy atom. The normalized spacial score (nSPS) is 22.1. The van der Waals surface area contributed by atoms with Crippen molar-refractivity contribution >= 4 is 5.91 Å². The molecule has 1 aliphatic heterocycles. The van der Waals surface area contributed by atoms with Crippen LogP contribution in [-0.2, 0) is 9.53 Å². The van der Waals surface area contributed by atoms with Crippen molar-refractivity contribution in [3.63, 3.8) is 0 Å². The molecule has 15 heavy (non-hydrogen) atoms.